The first-order chi connectivity index (χ1) is 6.70. The van der Waals surface area contributed by atoms with Crippen molar-refractivity contribution in [3.8, 4) is 6.07 Å². The molecule has 1 aliphatic rings. The van der Waals surface area contributed by atoms with E-state index in [0.717, 1.165) is 11.3 Å². The van der Waals surface area contributed by atoms with Crippen LogP contribution in [0.4, 0.5) is 0 Å². The average molecular weight is 196 g/mol. The van der Waals surface area contributed by atoms with Gasteiger partial charge >= 0.3 is 0 Å². The number of amides is 2. The Balaban J connectivity index is 2.75. The van der Waals surface area contributed by atoms with Gasteiger partial charge in [-0.25, -0.2) is 0 Å². The van der Waals surface area contributed by atoms with Gasteiger partial charge in [0.1, 0.15) is 19.3 Å². The van der Waals surface area contributed by atoms with Gasteiger partial charge in [-0.2, -0.15) is 5.26 Å². The van der Waals surface area contributed by atoms with E-state index in [4.69, 9.17) is 10.00 Å². The number of ether oxygens (including phenoxy) is 1. The molecule has 0 saturated carbocycles. The van der Waals surface area contributed by atoms with Crippen LogP contribution in [0.25, 0.3) is 0 Å². The molecule has 14 heavy (non-hydrogen) atoms. The smallest absolute Gasteiger partial charge is 0.256 e. The lowest BCUT2D eigenvalue weighted by atomic mass is 10.1. The van der Waals surface area contributed by atoms with Gasteiger partial charge in [-0.05, 0) is 6.42 Å². The van der Waals surface area contributed by atoms with Crippen LogP contribution in [0.2, 0.25) is 0 Å². The highest BCUT2D eigenvalue weighted by molar-refractivity contribution is 5.98. The minimum atomic E-state index is -0.635. The summed E-state index contributed by atoms with van der Waals surface area (Å²) in [4.78, 5) is 23.6. The van der Waals surface area contributed by atoms with Crippen molar-refractivity contribution in [3.63, 3.8) is 0 Å². The fraction of sp³-hybridized carbons (Fsp3) is 0.667. The maximum Gasteiger partial charge on any atom is 0.256 e. The van der Waals surface area contributed by atoms with E-state index >= 15 is 0 Å². The molecule has 1 aliphatic heterocycles. The number of imide groups is 1. The van der Waals surface area contributed by atoms with Gasteiger partial charge in [0.05, 0.1) is 6.07 Å². The van der Waals surface area contributed by atoms with Gasteiger partial charge in [-0.15, -0.1) is 0 Å². The zero-order chi connectivity index (χ0) is 10.6. The van der Waals surface area contributed by atoms with Crippen molar-refractivity contribution in [2.24, 2.45) is 0 Å². The normalized spacial score (nSPS) is 19.3. The van der Waals surface area contributed by atoms with Crippen LogP contribution in [0.15, 0.2) is 0 Å². The minimum Gasteiger partial charge on any atom is -0.362 e. The number of hydrogen-bond acceptors (Lipinski definition) is 4. The highest BCUT2D eigenvalue weighted by Crippen LogP contribution is 2.10. The lowest BCUT2D eigenvalue weighted by Crippen LogP contribution is -2.51. The van der Waals surface area contributed by atoms with Gasteiger partial charge in [0.15, 0.2) is 0 Å². The molecular formula is C9H12N2O3. The van der Waals surface area contributed by atoms with Gasteiger partial charge in [-0.3, -0.25) is 14.5 Å². The second-order valence-corrected chi connectivity index (χ2v) is 3.08. The summed E-state index contributed by atoms with van der Waals surface area (Å²) in [6, 6.07) is 1.33. The van der Waals surface area contributed by atoms with E-state index in [0.29, 0.717) is 6.42 Å². The third kappa shape index (κ3) is 2.09. The second kappa shape index (κ2) is 4.72. The number of nitriles is 1. The number of nitrogens with zero attached hydrogens (tertiary/aromatic N) is 2. The Kier molecular flexibility index (Phi) is 3.60. The maximum absolute atomic E-state index is 11.3. The van der Waals surface area contributed by atoms with Crippen LogP contribution in [-0.2, 0) is 14.3 Å². The van der Waals surface area contributed by atoms with Crippen molar-refractivity contribution in [1.29, 1.82) is 5.26 Å². The zero-order valence-electron chi connectivity index (χ0n) is 8.02. The number of hydrogen-bond donors (Lipinski definition) is 0. The molecule has 0 aromatic heterocycles. The molecule has 1 atom stereocenters. The highest BCUT2D eigenvalue weighted by atomic mass is 16.5. The molecule has 0 bridgehead atoms. The SMILES string of the molecule is CCCC(C#N)N1C(=O)COCC1=O. The van der Waals surface area contributed by atoms with Crippen LogP contribution >= 0.6 is 0 Å². The molecule has 76 valence electrons. The largest absolute Gasteiger partial charge is 0.362 e. The highest BCUT2D eigenvalue weighted by Gasteiger charge is 2.32. The summed E-state index contributed by atoms with van der Waals surface area (Å²) in [5.41, 5.74) is 0. The van der Waals surface area contributed by atoms with Gasteiger partial charge < -0.3 is 4.74 Å². The van der Waals surface area contributed by atoms with Crippen LogP contribution in [0.1, 0.15) is 19.8 Å². The molecule has 0 aromatic rings. The lowest BCUT2D eigenvalue weighted by molar-refractivity contribution is -0.160. The first-order valence-electron chi connectivity index (χ1n) is 4.53. The van der Waals surface area contributed by atoms with E-state index < -0.39 is 17.9 Å². The predicted molar refractivity (Wildman–Crippen MR) is 47.0 cm³/mol. The standard InChI is InChI=1S/C9H12N2O3/c1-2-3-7(4-10)11-8(12)5-14-6-9(11)13/h7H,2-3,5-6H2,1H3. The molecule has 1 heterocycles. The van der Waals surface area contributed by atoms with Crippen molar-refractivity contribution in [2.45, 2.75) is 25.8 Å². The molecular weight excluding hydrogens is 184 g/mol. The Labute approximate surface area is 82.2 Å². The number of rotatable bonds is 3. The molecule has 0 N–H and O–H groups in total. The monoisotopic (exact) mass is 196 g/mol. The fourth-order valence-electron chi connectivity index (χ4n) is 1.38. The van der Waals surface area contributed by atoms with Gasteiger partial charge in [-0.1, -0.05) is 13.3 Å². The molecule has 5 heteroatoms. The van der Waals surface area contributed by atoms with Gasteiger partial charge in [0.2, 0.25) is 0 Å². The third-order valence-corrected chi connectivity index (χ3v) is 2.01. The van der Waals surface area contributed by atoms with E-state index in [9.17, 15) is 9.59 Å². The summed E-state index contributed by atoms with van der Waals surface area (Å²) in [6.45, 7) is 1.70. The quantitative estimate of drug-likeness (QED) is 0.598. The fourth-order valence-corrected chi connectivity index (χ4v) is 1.38. The van der Waals surface area contributed by atoms with E-state index in [-0.39, 0.29) is 13.2 Å². The maximum atomic E-state index is 11.3. The molecule has 0 radical (unpaired) electrons. The first-order valence-corrected chi connectivity index (χ1v) is 4.53. The Morgan fingerprint density at radius 3 is 2.50 bits per heavy atom. The number of carbonyl (C=O) groups excluding carboxylic acids is 2. The molecule has 1 unspecified atom stereocenters. The van der Waals surface area contributed by atoms with Crippen molar-refractivity contribution < 1.29 is 14.3 Å². The molecule has 2 amide bonds. The predicted octanol–water partition coefficient (Wildman–Crippen LogP) is 0.0641. The van der Waals surface area contributed by atoms with Crippen LogP contribution in [0.3, 0.4) is 0 Å². The Morgan fingerprint density at radius 1 is 1.50 bits per heavy atom. The van der Waals surface area contributed by atoms with E-state index in [2.05, 4.69) is 0 Å². The van der Waals surface area contributed by atoms with E-state index in [1.807, 2.05) is 13.0 Å². The van der Waals surface area contributed by atoms with Crippen molar-refractivity contribution in [1.82, 2.24) is 4.90 Å². The lowest BCUT2D eigenvalue weighted by Gasteiger charge is -2.28. The topological polar surface area (TPSA) is 70.4 Å². The second-order valence-electron chi connectivity index (χ2n) is 3.08. The van der Waals surface area contributed by atoms with Crippen LogP contribution in [0.5, 0.6) is 0 Å². The molecule has 0 aliphatic carbocycles. The van der Waals surface area contributed by atoms with Crippen LogP contribution in [0, 0.1) is 11.3 Å². The van der Waals surface area contributed by atoms with Crippen LogP contribution in [-0.4, -0.2) is 36.0 Å². The summed E-state index contributed by atoms with van der Waals surface area (Å²) in [5.74, 6) is -0.831. The average Bonchev–Trinajstić information content (AvgIpc) is 2.16. The Bertz CT molecular complexity index is 266. The van der Waals surface area contributed by atoms with Gasteiger partial charge in [0, 0.05) is 0 Å². The zero-order valence-corrected chi connectivity index (χ0v) is 8.02. The molecule has 0 aromatic carbocycles. The summed E-state index contributed by atoms with van der Waals surface area (Å²) in [6.07, 6.45) is 1.28. The first kappa shape index (κ1) is 10.7. The summed E-state index contributed by atoms with van der Waals surface area (Å²) < 4.78 is 4.75. The molecule has 0 spiro atoms. The van der Waals surface area contributed by atoms with E-state index in [1.165, 1.54) is 0 Å². The molecule has 1 saturated heterocycles. The van der Waals surface area contributed by atoms with E-state index in [1.54, 1.807) is 0 Å². The summed E-state index contributed by atoms with van der Waals surface area (Å²) in [7, 11) is 0. The van der Waals surface area contributed by atoms with Crippen molar-refractivity contribution in [2.75, 3.05) is 13.2 Å². The summed E-state index contributed by atoms with van der Waals surface area (Å²) in [5, 5.41) is 8.81. The molecule has 1 rings (SSSR count). The third-order valence-electron chi connectivity index (χ3n) is 2.01. The Morgan fingerprint density at radius 2 is 2.07 bits per heavy atom. The Hall–Kier alpha value is -1.41. The molecule has 5 nitrogen and oxygen atoms in total. The van der Waals surface area contributed by atoms with Crippen molar-refractivity contribution >= 4 is 11.8 Å². The minimum absolute atomic E-state index is 0.104. The van der Waals surface area contributed by atoms with Crippen LogP contribution < -0.4 is 0 Å². The van der Waals surface area contributed by atoms with Crippen molar-refractivity contribution in [3.05, 3.63) is 0 Å². The number of carbonyl (C=O) groups is 2. The number of morpholine rings is 1. The molecule has 1 fully saturated rings. The summed E-state index contributed by atoms with van der Waals surface area (Å²) >= 11 is 0. The van der Waals surface area contributed by atoms with Gasteiger partial charge in [0.25, 0.3) is 11.8 Å².